The highest BCUT2D eigenvalue weighted by Crippen LogP contribution is 2.24. The number of aryl methyl sites for hydroxylation is 1. The maximum absolute atomic E-state index is 11.2. The number of aromatic nitrogens is 2. The van der Waals surface area contributed by atoms with Crippen LogP contribution in [0.25, 0.3) is 11.3 Å². The highest BCUT2D eigenvalue weighted by Gasteiger charge is 2.17. The Balaban J connectivity index is 0.00000208. The lowest BCUT2D eigenvalue weighted by molar-refractivity contribution is -0.140. The summed E-state index contributed by atoms with van der Waals surface area (Å²) in [5, 5.41) is 7.25. The van der Waals surface area contributed by atoms with Crippen molar-refractivity contribution in [2.75, 3.05) is 20.3 Å². The zero-order chi connectivity index (χ0) is 16.1. The Bertz CT molecular complexity index is 673. The third kappa shape index (κ3) is 4.69. The van der Waals surface area contributed by atoms with E-state index in [1.54, 1.807) is 18.5 Å². The van der Waals surface area contributed by atoms with Gasteiger partial charge >= 0.3 is 5.97 Å². The van der Waals surface area contributed by atoms with Gasteiger partial charge in [-0.05, 0) is 19.0 Å². The molecule has 2 aromatic heterocycles. The summed E-state index contributed by atoms with van der Waals surface area (Å²) in [6.45, 7) is 1.69. The molecular formula is C16H20ClN3O4. The molecule has 1 fully saturated rings. The molecule has 0 radical (unpaired) electrons. The Labute approximate surface area is 146 Å². The van der Waals surface area contributed by atoms with Gasteiger partial charge in [0.15, 0.2) is 5.76 Å². The Morgan fingerprint density at radius 3 is 2.96 bits per heavy atom. The van der Waals surface area contributed by atoms with Gasteiger partial charge in [-0.1, -0.05) is 5.16 Å². The molecule has 3 rings (SSSR count). The second kappa shape index (κ2) is 8.65. The van der Waals surface area contributed by atoms with Gasteiger partial charge in [-0.2, -0.15) is 0 Å². The number of methoxy groups -OCH3 is 1. The van der Waals surface area contributed by atoms with Crippen LogP contribution in [0, 0.1) is 0 Å². The van der Waals surface area contributed by atoms with Gasteiger partial charge in [-0.25, -0.2) is 0 Å². The van der Waals surface area contributed by atoms with Crippen molar-refractivity contribution >= 4 is 18.4 Å². The average molecular weight is 354 g/mol. The molecule has 24 heavy (non-hydrogen) atoms. The molecule has 0 saturated carbocycles. The van der Waals surface area contributed by atoms with Crippen LogP contribution in [-0.2, 0) is 16.0 Å². The zero-order valence-electron chi connectivity index (χ0n) is 13.4. The van der Waals surface area contributed by atoms with E-state index in [0.717, 1.165) is 18.5 Å². The van der Waals surface area contributed by atoms with Gasteiger partial charge in [-0.15, -0.1) is 12.4 Å². The fraction of sp³-hybridized carbons (Fsp3) is 0.438. The maximum Gasteiger partial charge on any atom is 0.305 e. The van der Waals surface area contributed by atoms with Crippen LogP contribution >= 0.6 is 12.4 Å². The Hall–Kier alpha value is -2.12. The number of carbonyl (C=O) groups is 1. The molecule has 1 saturated heterocycles. The van der Waals surface area contributed by atoms with Crippen LogP contribution < -0.4 is 10.1 Å². The van der Waals surface area contributed by atoms with Gasteiger partial charge in [-0.3, -0.25) is 9.78 Å². The summed E-state index contributed by atoms with van der Waals surface area (Å²) in [4.78, 5) is 15.3. The smallest absolute Gasteiger partial charge is 0.305 e. The summed E-state index contributed by atoms with van der Waals surface area (Å²) in [7, 11) is 1.37. The number of nitrogens with zero attached hydrogens (tertiary/aromatic N) is 2. The third-order valence-corrected chi connectivity index (χ3v) is 3.75. The van der Waals surface area contributed by atoms with Gasteiger partial charge in [0.25, 0.3) is 0 Å². The monoisotopic (exact) mass is 353 g/mol. The van der Waals surface area contributed by atoms with Crippen LogP contribution in [0.15, 0.2) is 29.0 Å². The summed E-state index contributed by atoms with van der Waals surface area (Å²) in [5.41, 5.74) is 1.50. The second-order valence-corrected chi connectivity index (χ2v) is 5.42. The lowest BCUT2D eigenvalue weighted by atomic mass is 10.1. The molecule has 8 heteroatoms. The number of nitrogens with one attached hydrogen (secondary N) is 1. The molecule has 0 amide bonds. The first kappa shape index (κ1) is 18.2. The van der Waals surface area contributed by atoms with Crippen LogP contribution in [0.4, 0.5) is 0 Å². The average Bonchev–Trinajstić information content (AvgIpc) is 3.00. The molecule has 1 N–H and O–H groups in total. The van der Waals surface area contributed by atoms with Crippen molar-refractivity contribution in [3.05, 3.63) is 30.2 Å². The SMILES string of the molecule is COC(=O)CCc1cc(-c2cncc(OC[C@@H]3CCN3)c2)on1.Cl. The summed E-state index contributed by atoms with van der Waals surface area (Å²) in [6.07, 6.45) is 5.26. The number of pyridine rings is 1. The summed E-state index contributed by atoms with van der Waals surface area (Å²) < 4.78 is 15.7. The first-order valence-electron chi connectivity index (χ1n) is 7.58. The minimum atomic E-state index is -0.267. The number of ether oxygens (including phenoxy) is 2. The van der Waals surface area contributed by atoms with E-state index < -0.39 is 0 Å². The molecule has 3 heterocycles. The molecule has 1 aliphatic heterocycles. The van der Waals surface area contributed by atoms with E-state index in [9.17, 15) is 4.79 Å². The fourth-order valence-electron chi connectivity index (χ4n) is 2.22. The molecule has 0 aliphatic carbocycles. The second-order valence-electron chi connectivity index (χ2n) is 5.42. The van der Waals surface area contributed by atoms with Crippen LogP contribution in [0.1, 0.15) is 18.5 Å². The molecule has 0 bridgehead atoms. The highest BCUT2D eigenvalue weighted by molar-refractivity contribution is 5.85. The van der Waals surface area contributed by atoms with E-state index in [-0.39, 0.29) is 24.8 Å². The van der Waals surface area contributed by atoms with Crippen molar-refractivity contribution in [2.24, 2.45) is 0 Å². The van der Waals surface area contributed by atoms with E-state index in [1.807, 2.05) is 6.07 Å². The minimum absolute atomic E-state index is 0. The van der Waals surface area contributed by atoms with Gasteiger partial charge in [0.05, 0.1) is 25.4 Å². The van der Waals surface area contributed by atoms with Crippen LogP contribution in [0.3, 0.4) is 0 Å². The molecule has 130 valence electrons. The van der Waals surface area contributed by atoms with Crippen molar-refractivity contribution in [3.63, 3.8) is 0 Å². The predicted octanol–water partition coefficient (Wildman–Crippen LogP) is 2.00. The molecule has 0 aromatic carbocycles. The van der Waals surface area contributed by atoms with E-state index in [4.69, 9.17) is 9.26 Å². The zero-order valence-corrected chi connectivity index (χ0v) is 14.2. The number of hydrogen-bond acceptors (Lipinski definition) is 7. The van der Waals surface area contributed by atoms with Gasteiger partial charge < -0.3 is 19.3 Å². The number of halogens is 1. The predicted molar refractivity (Wildman–Crippen MR) is 89.2 cm³/mol. The Morgan fingerprint density at radius 1 is 1.42 bits per heavy atom. The van der Waals surface area contributed by atoms with Crippen molar-refractivity contribution in [2.45, 2.75) is 25.3 Å². The minimum Gasteiger partial charge on any atom is -0.490 e. The third-order valence-electron chi connectivity index (χ3n) is 3.75. The molecule has 1 atom stereocenters. The number of rotatable bonds is 7. The molecular weight excluding hydrogens is 334 g/mol. The van der Waals surface area contributed by atoms with E-state index >= 15 is 0 Å². The van der Waals surface area contributed by atoms with E-state index in [0.29, 0.717) is 36.3 Å². The number of carbonyl (C=O) groups excluding carboxylic acids is 1. The molecule has 0 spiro atoms. The van der Waals surface area contributed by atoms with Gasteiger partial charge in [0, 0.05) is 30.3 Å². The van der Waals surface area contributed by atoms with Crippen molar-refractivity contribution in [3.8, 4) is 17.1 Å². The lowest BCUT2D eigenvalue weighted by Gasteiger charge is -2.27. The largest absolute Gasteiger partial charge is 0.490 e. The summed E-state index contributed by atoms with van der Waals surface area (Å²) >= 11 is 0. The molecule has 1 aliphatic rings. The van der Waals surface area contributed by atoms with Crippen molar-refractivity contribution in [1.29, 1.82) is 0 Å². The quantitative estimate of drug-likeness (QED) is 0.762. The van der Waals surface area contributed by atoms with E-state index in [1.165, 1.54) is 7.11 Å². The molecule has 2 aromatic rings. The van der Waals surface area contributed by atoms with Crippen LogP contribution in [-0.4, -0.2) is 42.4 Å². The van der Waals surface area contributed by atoms with Gasteiger partial charge in [0.1, 0.15) is 12.4 Å². The van der Waals surface area contributed by atoms with Crippen molar-refractivity contribution < 1.29 is 18.8 Å². The standard InChI is InChI=1S/C16H19N3O4.ClH/c1-21-16(20)3-2-12-7-15(23-19-12)11-6-14(9-17-8-11)22-10-13-4-5-18-13;/h6-9,13,18H,2-5,10H2,1H3;1H/t13-;/m0./s1. The lowest BCUT2D eigenvalue weighted by Crippen LogP contribution is -2.46. The first-order chi connectivity index (χ1) is 11.2. The molecule has 7 nitrogen and oxygen atoms in total. The van der Waals surface area contributed by atoms with Crippen molar-refractivity contribution in [1.82, 2.24) is 15.5 Å². The highest BCUT2D eigenvalue weighted by atomic mass is 35.5. The topological polar surface area (TPSA) is 86.5 Å². The fourth-order valence-corrected chi connectivity index (χ4v) is 2.22. The van der Waals surface area contributed by atoms with Gasteiger partial charge in [0.2, 0.25) is 0 Å². The molecule has 0 unspecified atom stereocenters. The maximum atomic E-state index is 11.2. The number of esters is 1. The normalized spacial score (nSPS) is 16.0. The van der Waals surface area contributed by atoms with Crippen LogP contribution in [0.5, 0.6) is 5.75 Å². The summed E-state index contributed by atoms with van der Waals surface area (Å²) in [6, 6.07) is 4.10. The van der Waals surface area contributed by atoms with Crippen LogP contribution in [0.2, 0.25) is 0 Å². The Morgan fingerprint density at radius 2 is 2.25 bits per heavy atom. The Kier molecular flexibility index (Phi) is 6.57. The first-order valence-corrected chi connectivity index (χ1v) is 7.58. The van der Waals surface area contributed by atoms with E-state index in [2.05, 4.69) is 20.2 Å². The summed E-state index contributed by atoms with van der Waals surface area (Å²) in [5.74, 6) is 1.03. The number of hydrogen-bond donors (Lipinski definition) is 1.